The van der Waals surface area contributed by atoms with Crippen molar-refractivity contribution in [3.05, 3.63) is 50.8 Å². The molecule has 21 heavy (non-hydrogen) atoms. The van der Waals surface area contributed by atoms with Gasteiger partial charge in [0, 0.05) is 11.7 Å². The number of hydrogen-bond acceptors (Lipinski definition) is 4. The second kappa shape index (κ2) is 5.40. The molecule has 1 aliphatic carbocycles. The molecular formula is C14H16N2O3S2. The van der Waals surface area contributed by atoms with Gasteiger partial charge >= 0.3 is 4.87 Å². The van der Waals surface area contributed by atoms with Crippen LogP contribution in [-0.4, -0.2) is 13.4 Å². The van der Waals surface area contributed by atoms with E-state index in [1.54, 1.807) is 6.92 Å². The Balaban J connectivity index is 1.94. The van der Waals surface area contributed by atoms with Crippen LogP contribution in [0.4, 0.5) is 0 Å². The van der Waals surface area contributed by atoms with Crippen molar-refractivity contribution in [3.8, 4) is 0 Å². The van der Waals surface area contributed by atoms with Crippen LogP contribution in [0.1, 0.15) is 35.7 Å². The first-order valence-corrected chi connectivity index (χ1v) is 9.07. The minimum absolute atomic E-state index is 0.0792. The molecule has 1 unspecified atom stereocenters. The van der Waals surface area contributed by atoms with E-state index in [0.29, 0.717) is 5.69 Å². The third-order valence-electron chi connectivity index (χ3n) is 3.69. The Kier molecular flexibility index (Phi) is 3.73. The number of sulfonamides is 1. The van der Waals surface area contributed by atoms with Crippen LogP contribution in [0.2, 0.25) is 0 Å². The summed E-state index contributed by atoms with van der Waals surface area (Å²) in [7, 11) is -3.68. The Labute approximate surface area is 127 Å². The van der Waals surface area contributed by atoms with E-state index < -0.39 is 10.0 Å². The molecule has 5 nitrogen and oxygen atoms in total. The summed E-state index contributed by atoms with van der Waals surface area (Å²) in [6.07, 6.45) is 2.70. The van der Waals surface area contributed by atoms with Crippen LogP contribution in [0.5, 0.6) is 0 Å². The van der Waals surface area contributed by atoms with Crippen molar-refractivity contribution < 1.29 is 8.42 Å². The maximum Gasteiger partial charge on any atom is 0.305 e. The molecule has 0 amide bonds. The smallest absolute Gasteiger partial charge is 0.305 e. The topological polar surface area (TPSA) is 79.0 Å². The first kappa shape index (κ1) is 14.5. The SMILES string of the molecule is Cc1[nH]c(=O)sc1S(=O)(=O)NC1CCCc2ccccc21. The highest BCUT2D eigenvalue weighted by Crippen LogP contribution is 2.31. The van der Waals surface area contributed by atoms with Crippen LogP contribution in [0.15, 0.2) is 33.3 Å². The van der Waals surface area contributed by atoms with Gasteiger partial charge in [-0.3, -0.25) is 4.79 Å². The summed E-state index contributed by atoms with van der Waals surface area (Å²) in [6, 6.07) is 7.67. The molecular weight excluding hydrogens is 308 g/mol. The number of nitrogens with one attached hydrogen (secondary N) is 2. The van der Waals surface area contributed by atoms with E-state index in [1.807, 2.05) is 24.3 Å². The normalized spacial score (nSPS) is 18.4. The monoisotopic (exact) mass is 324 g/mol. The predicted molar refractivity (Wildman–Crippen MR) is 82.1 cm³/mol. The van der Waals surface area contributed by atoms with E-state index in [0.717, 1.165) is 36.2 Å². The second-order valence-electron chi connectivity index (χ2n) is 5.19. The van der Waals surface area contributed by atoms with E-state index in [1.165, 1.54) is 5.56 Å². The van der Waals surface area contributed by atoms with Gasteiger partial charge in [-0.15, -0.1) is 0 Å². The molecule has 0 radical (unpaired) electrons. The summed E-state index contributed by atoms with van der Waals surface area (Å²) >= 11 is 0.730. The Morgan fingerprint density at radius 2 is 2.10 bits per heavy atom. The molecule has 0 bridgehead atoms. The lowest BCUT2D eigenvalue weighted by molar-refractivity contribution is 0.508. The first-order chi connectivity index (χ1) is 9.97. The van der Waals surface area contributed by atoms with E-state index in [-0.39, 0.29) is 15.1 Å². The zero-order valence-corrected chi connectivity index (χ0v) is 13.2. The number of aromatic nitrogens is 1. The molecule has 3 rings (SSSR count). The van der Waals surface area contributed by atoms with Crippen molar-refractivity contribution in [2.24, 2.45) is 0 Å². The largest absolute Gasteiger partial charge is 0.315 e. The number of aromatic amines is 1. The number of rotatable bonds is 3. The van der Waals surface area contributed by atoms with Gasteiger partial charge in [0.15, 0.2) is 4.21 Å². The molecule has 0 fully saturated rings. The Hall–Kier alpha value is -1.44. The number of aryl methyl sites for hydroxylation is 2. The second-order valence-corrected chi connectivity index (χ2v) is 8.08. The fourth-order valence-electron chi connectivity index (χ4n) is 2.76. The lowest BCUT2D eigenvalue weighted by Crippen LogP contribution is -2.31. The lowest BCUT2D eigenvalue weighted by atomic mass is 9.88. The molecule has 0 spiro atoms. The van der Waals surface area contributed by atoms with E-state index in [4.69, 9.17) is 0 Å². The van der Waals surface area contributed by atoms with Crippen molar-refractivity contribution in [3.63, 3.8) is 0 Å². The zero-order chi connectivity index (χ0) is 15.0. The Morgan fingerprint density at radius 3 is 2.81 bits per heavy atom. The molecule has 7 heteroatoms. The Bertz CT molecular complexity index is 821. The summed E-state index contributed by atoms with van der Waals surface area (Å²) in [5, 5.41) is 0. The summed E-state index contributed by atoms with van der Waals surface area (Å²) in [4.78, 5) is 13.5. The van der Waals surface area contributed by atoms with Gasteiger partial charge in [0.1, 0.15) is 0 Å². The molecule has 1 atom stereocenters. The minimum Gasteiger partial charge on any atom is -0.315 e. The molecule has 0 saturated heterocycles. The summed E-state index contributed by atoms with van der Waals surface area (Å²) in [6.45, 7) is 1.60. The van der Waals surface area contributed by atoms with Crippen LogP contribution < -0.4 is 9.60 Å². The average molecular weight is 324 g/mol. The van der Waals surface area contributed by atoms with Gasteiger partial charge in [0.25, 0.3) is 10.0 Å². The average Bonchev–Trinajstić information content (AvgIpc) is 2.79. The highest BCUT2D eigenvalue weighted by Gasteiger charge is 2.27. The maximum absolute atomic E-state index is 12.5. The highest BCUT2D eigenvalue weighted by molar-refractivity contribution is 7.91. The molecule has 112 valence electrons. The van der Waals surface area contributed by atoms with Gasteiger partial charge < -0.3 is 4.98 Å². The summed E-state index contributed by atoms with van der Waals surface area (Å²) < 4.78 is 27.8. The van der Waals surface area contributed by atoms with Crippen molar-refractivity contribution in [1.82, 2.24) is 9.71 Å². The highest BCUT2D eigenvalue weighted by atomic mass is 32.2. The number of hydrogen-bond donors (Lipinski definition) is 2. The molecule has 1 aromatic carbocycles. The maximum atomic E-state index is 12.5. The standard InChI is InChI=1S/C14H16N2O3S2/c1-9-13(20-14(17)15-9)21(18,19)16-12-8-4-6-10-5-2-3-7-11(10)12/h2-3,5,7,12,16H,4,6,8H2,1H3,(H,15,17). The van der Waals surface area contributed by atoms with E-state index in [9.17, 15) is 13.2 Å². The van der Waals surface area contributed by atoms with Gasteiger partial charge in [-0.05, 0) is 37.3 Å². The third-order valence-corrected chi connectivity index (χ3v) is 6.77. The van der Waals surface area contributed by atoms with Gasteiger partial charge in [-0.25, -0.2) is 13.1 Å². The van der Waals surface area contributed by atoms with Crippen molar-refractivity contribution in [2.75, 3.05) is 0 Å². The summed E-state index contributed by atoms with van der Waals surface area (Å²) in [5.74, 6) is 0. The number of fused-ring (bicyclic) bond motifs is 1. The van der Waals surface area contributed by atoms with Gasteiger partial charge in [-0.2, -0.15) is 0 Å². The molecule has 0 aliphatic heterocycles. The van der Waals surface area contributed by atoms with E-state index in [2.05, 4.69) is 9.71 Å². The van der Waals surface area contributed by atoms with Crippen molar-refractivity contribution >= 4 is 21.4 Å². The van der Waals surface area contributed by atoms with Crippen LogP contribution in [-0.2, 0) is 16.4 Å². The van der Waals surface area contributed by atoms with Crippen molar-refractivity contribution in [2.45, 2.75) is 36.4 Å². The molecule has 1 aromatic heterocycles. The molecule has 1 aliphatic rings. The first-order valence-electron chi connectivity index (χ1n) is 6.77. The lowest BCUT2D eigenvalue weighted by Gasteiger charge is -2.25. The molecule has 2 aromatic rings. The van der Waals surface area contributed by atoms with Crippen molar-refractivity contribution in [1.29, 1.82) is 0 Å². The fourth-order valence-corrected chi connectivity index (χ4v) is 5.33. The minimum atomic E-state index is -3.68. The zero-order valence-electron chi connectivity index (χ0n) is 11.5. The van der Waals surface area contributed by atoms with Crippen LogP contribution in [0.3, 0.4) is 0 Å². The quantitative estimate of drug-likeness (QED) is 0.907. The number of thiazole rings is 1. The summed E-state index contributed by atoms with van der Waals surface area (Å²) in [5.41, 5.74) is 2.62. The van der Waals surface area contributed by atoms with Gasteiger partial charge in [0.05, 0.1) is 0 Å². The molecule has 2 N–H and O–H groups in total. The fraction of sp³-hybridized carbons (Fsp3) is 0.357. The van der Waals surface area contributed by atoms with Crippen LogP contribution >= 0.6 is 11.3 Å². The van der Waals surface area contributed by atoms with Crippen LogP contribution in [0.25, 0.3) is 0 Å². The van der Waals surface area contributed by atoms with E-state index >= 15 is 0 Å². The van der Waals surface area contributed by atoms with Crippen LogP contribution in [0, 0.1) is 6.92 Å². The molecule has 0 saturated carbocycles. The predicted octanol–water partition coefficient (Wildman–Crippen LogP) is 2.10. The van der Waals surface area contributed by atoms with Gasteiger partial charge in [0.2, 0.25) is 0 Å². The molecule has 1 heterocycles. The third kappa shape index (κ3) is 2.81. The van der Waals surface area contributed by atoms with Gasteiger partial charge in [-0.1, -0.05) is 35.6 Å². The Morgan fingerprint density at radius 1 is 1.33 bits per heavy atom. The number of H-pyrrole nitrogens is 1. The number of benzene rings is 1.